The Morgan fingerprint density at radius 3 is 2.76 bits per heavy atom. The number of nitrogens with one attached hydrogen (secondary N) is 1. The van der Waals surface area contributed by atoms with Crippen molar-refractivity contribution in [3.63, 3.8) is 0 Å². The second kappa shape index (κ2) is 9.14. The van der Waals surface area contributed by atoms with E-state index in [1.165, 1.54) is 53.6 Å². The molecule has 11 nitrogen and oxygen atoms in total. The summed E-state index contributed by atoms with van der Waals surface area (Å²) in [6.45, 7) is -2.58. The number of tetrazole rings is 1. The highest BCUT2D eigenvalue weighted by atomic mass is 19.3. The van der Waals surface area contributed by atoms with E-state index in [-0.39, 0.29) is 28.6 Å². The number of aromatic amines is 1. The van der Waals surface area contributed by atoms with Crippen molar-refractivity contribution >= 4 is 5.82 Å². The van der Waals surface area contributed by atoms with E-state index in [0.717, 1.165) is 0 Å². The fourth-order valence-corrected chi connectivity index (χ4v) is 4.68. The van der Waals surface area contributed by atoms with Gasteiger partial charge in [-0.25, -0.2) is 9.97 Å². The number of aromatic nitrogens is 8. The Balaban J connectivity index is 1.43. The lowest BCUT2D eigenvalue weighted by Crippen LogP contribution is -2.19. The van der Waals surface area contributed by atoms with Crippen LogP contribution in [0.3, 0.4) is 0 Å². The zero-order chi connectivity index (χ0) is 26.4. The van der Waals surface area contributed by atoms with Crippen LogP contribution in [-0.4, -0.2) is 46.3 Å². The minimum atomic E-state index is -3.02. The lowest BCUT2D eigenvalue weighted by molar-refractivity contribution is -0.0498. The van der Waals surface area contributed by atoms with Gasteiger partial charge >= 0.3 is 6.61 Å². The summed E-state index contributed by atoms with van der Waals surface area (Å²) in [4.78, 5) is 24.3. The van der Waals surface area contributed by atoms with Crippen LogP contribution in [0.5, 0.6) is 5.75 Å². The maximum atomic E-state index is 14.4. The lowest BCUT2D eigenvalue weighted by Gasteiger charge is -2.15. The Hall–Kier alpha value is -5.01. The molecule has 1 aliphatic heterocycles. The van der Waals surface area contributed by atoms with Crippen molar-refractivity contribution in [3.8, 4) is 33.8 Å². The summed E-state index contributed by atoms with van der Waals surface area (Å²) in [6.07, 6.45) is 3.42. The highest BCUT2D eigenvalue weighted by Gasteiger charge is 2.29. The highest BCUT2D eigenvalue weighted by molar-refractivity contribution is 5.74. The summed E-state index contributed by atoms with van der Waals surface area (Å²) in [5.74, 6) is -0.523. The van der Waals surface area contributed by atoms with E-state index in [1.54, 1.807) is 10.6 Å². The Bertz CT molecular complexity index is 1700. The molecule has 0 saturated heterocycles. The second-order valence-corrected chi connectivity index (χ2v) is 8.57. The van der Waals surface area contributed by atoms with Crippen LogP contribution in [-0.2, 0) is 6.54 Å². The number of H-pyrrole nitrogens is 1. The highest BCUT2D eigenvalue weighted by Crippen LogP contribution is 2.37. The van der Waals surface area contributed by atoms with Crippen LogP contribution >= 0.6 is 0 Å². The second-order valence-electron chi connectivity index (χ2n) is 8.57. The largest absolute Gasteiger partial charge is 0.435 e. The number of ether oxygens (including phenoxy) is 1. The molecule has 6 rings (SSSR count). The van der Waals surface area contributed by atoms with Crippen molar-refractivity contribution in [3.05, 3.63) is 82.8 Å². The summed E-state index contributed by atoms with van der Waals surface area (Å²) in [6, 6.07) is 10.5. The van der Waals surface area contributed by atoms with Gasteiger partial charge in [0.05, 0.1) is 29.1 Å². The minimum absolute atomic E-state index is 0.0617. The number of alkyl halides is 2. The molecule has 0 aliphatic carbocycles. The van der Waals surface area contributed by atoms with Gasteiger partial charge in [0.1, 0.15) is 23.7 Å². The number of nitrogens with zero attached hydrogens (tertiary/aromatic N) is 7. The molecule has 0 fully saturated rings. The number of imidazole rings is 1. The number of rotatable bonds is 6. The van der Waals surface area contributed by atoms with Crippen LogP contribution < -0.4 is 16.0 Å². The zero-order valence-corrected chi connectivity index (χ0v) is 19.4. The SMILES string of the molecule is Nc1ccc(-c2cnc(C3CCn4c3cc(-c3cc(OC(F)F)ccc3-n3cnnn3)cc4=O)[nH]2)c(F)n1. The first-order chi connectivity index (χ1) is 18.4. The molecule has 0 amide bonds. The number of benzene rings is 1. The molecule has 14 heteroatoms. The molecule has 4 aromatic heterocycles. The summed E-state index contributed by atoms with van der Waals surface area (Å²) >= 11 is 0. The topological polar surface area (TPSA) is 142 Å². The van der Waals surface area contributed by atoms with Gasteiger partial charge in [0, 0.05) is 23.9 Å². The zero-order valence-electron chi connectivity index (χ0n) is 19.4. The summed E-state index contributed by atoms with van der Waals surface area (Å²) in [5, 5.41) is 11.2. The lowest BCUT2D eigenvalue weighted by atomic mass is 9.98. The number of halogens is 3. The molecule has 0 spiro atoms. The fourth-order valence-electron chi connectivity index (χ4n) is 4.68. The monoisotopic (exact) mass is 521 g/mol. The van der Waals surface area contributed by atoms with Gasteiger partial charge in [-0.05, 0) is 58.8 Å². The number of hydrogen-bond donors (Lipinski definition) is 2. The van der Waals surface area contributed by atoms with Crippen LogP contribution in [0.15, 0.2) is 59.8 Å². The average molecular weight is 521 g/mol. The molecule has 0 saturated carbocycles. The molecule has 0 radical (unpaired) electrons. The molecule has 0 bridgehead atoms. The van der Waals surface area contributed by atoms with Crippen molar-refractivity contribution < 1.29 is 17.9 Å². The quantitative estimate of drug-likeness (QED) is 0.325. The Morgan fingerprint density at radius 2 is 2.00 bits per heavy atom. The van der Waals surface area contributed by atoms with Crippen LogP contribution in [0, 0.1) is 5.95 Å². The van der Waals surface area contributed by atoms with Crippen LogP contribution in [0.4, 0.5) is 19.0 Å². The molecule has 1 aliphatic rings. The van der Waals surface area contributed by atoms with Gasteiger partial charge in [0.25, 0.3) is 5.56 Å². The number of nitrogen functional groups attached to an aromatic ring is 1. The van der Waals surface area contributed by atoms with Crippen molar-refractivity contribution in [1.29, 1.82) is 0 Å². The number of anilines is 1. The third-order valence-electron chi connectivity index (χ3n) is 6.34. The first-order valence-corrected chi connectivity index (χ1v) is 11.4. The predicted molar refractivity (Wildman–Crippen MR) is 128 cm³/mol. The fraction of sp³-hybridized carbons (Fsp3) is 0.167. The summed E-state index contributed by atoms with van der Waals surface area (Å²) in [5.41, 5.74) is 7.89. The Kier molecular flexibility index (Phi) is 5.62. The third-order valence-corrected chi connectivity index (χ3v) is 6.34. The van der Waals surface area contributed by atoms with Crippen molar-refractivity contribution in [2.45, 2.75) is 25.5 Å². The van der Waals surface area contributed by atoms with Gasteiger partial charge in [0.15, 0.2) is 0 Å². The van der Waals surface area contributed by atoms with E-state index in [4.69, 9.17) is 5.73 Å². The standard InChI is InChI=1S/C24H18F3N9O2/c25-22-14(2-4-20(28)32-22)17-10-29-23(31-17)15-5-6-35-19(15)7-12(8-21(35)37)16-9-13(38-24(26)27)1-3-18(16)36-11-30-33-34-36/h1-4,7-11,15,24H,5-6H2,(H2,28,32)(H,29,31). The van der Waals surface area contributed by atoms with Crippen LogP contribution in [0.2, 0.25) is 0 Å². The normalized spacial score (nSPS) is 14.7. The molecule has 5 aromatic rings. The molecular formula is C24H18F3N9O2. The van der Waals surface area contributed by atoms with Gasteiger partial charge in [-0.3, -0.25) is 4.79 Å². The third kappa shape index (κ3) is 4.15. The van der Waals surface area contributed by atoms with Crippen molar-refractivity contribution in [2.24, 2.45) is 0 Å². The minimum Gasteiger partial charge on any atom is -0.435 e. The molecular weight excluding hydrogens is 503 g/mol. The predicted octanol–water partition coefficient (Wildman–Crippen LogP) is 3.13. The van der Waals surface area contributed by atoms with E-state index in [9.17, 15) is 18.0 Å². The van der Waals surface area contributed by atoms with Gasteiger partial charge in [0.2, 0.25) is 5.95 Å². The molecule has 3 N–H and O–H groups in total. The molecule has 1 unspecified atom stereocenters. The summed E-state index contributed by atoms with van der Waals surface area (Å²) < 4.78 is 47.8. The van der Waals surface area contributed by atoms with Gasteiger partial charge in [-0.1, -0.05) is 0 Å². The van der Waals surface area contributed by atoms with Gasteiger partial charge < -0.3 is 20.0 Å². The van der Waals surface area contributed by atoms with E-state index < -0.39 is 12.6 Å². The molecule has 38 heavy (non-hydrogen) atoms. The molecule has 1 atom stereocenters. The smallest absolute Gasteiger partial charge is 0.387 e. The number of pyridine rings is 2. The van der Waals surface area contributed by atoms with Crippen molar-refractivity contribution in [2.75, 3.05) is 5.73 Å². The maximum absolute atomic E-state index is 14.4. The number of hydrogen-bond acceptors (Lipinski definition) is 8. The summed E-state index contributed by atoms with van der Waals surface area (Å²) in [7, 11) is 0. The van der Waals surface area contributed by atoms with Crippen LogP contribution in [0.25, 0.3) is 28.1 Å². The van der Waals surface area contributed by atoms with Crippen LogP contribution in [0.1, 0.15) is 23.9 Å². The van der Waals surface area contributed by atoms with Gasteiger partial charge in [-0.15, -0.1) is 5.10 Å². The number of fused-ring (bicyclic) bond motifs is 1. The van der Waals surface area contributed by atoms with E-state index in [1.807, 2.05) is 0 Å². The van der Waals surface area contributed by atoms with Crippen molar-refractivity contribution in [1.82, 2.24) is 39.7 Å². The molecule has 5 heterocycles. The van der Waals surface area contributed by atoms with E-state index in [0.29, 0.717) is 47.0 Å². The van der Waals surface area contributed by atoms with E-state index in [2.05, 4.69) is 35.2 Å². The Labute approximate surface area is 211 Å². The van der Waals surface area contributed by atoms with Gasteiger partial charge in [-0.2, -0.15) is 17.9 Å². The molecule has 1 aromatic carbocycles. The average Bonchev–Trinajstić information content (AvgIpc) is 3.64. The maximum Gasteiger partial charge on any atom is 0.387 e. The molecule has 192 valence electrons. The van der Waals surface area contributed by atoms with E-state index >= 15 is 0 Å². The first kappa shape index (κ1) is 23.4. The first-order valence-electron chi connectivity index (χ1n) is 11.4. The Morgan fingerprint density at radius 1 is 1.13 bits per heavy atom. The number of nitrogens with two attached hydrogens (primary N) is 1.